The summed E-state index contributed by atoms with van der Waals surface area (Å²) in [6, 6.07) is 6.98. The van der Waals surface area contributed by atoms with Gasteiger partial charge >= 0.3 is 11.9 Å². The minimum Gasteiger partial charge on any atom is -0.468 e. The molecule has 7 nitrogen and oxygen atoms in total. The van der Waals surface area contributed by atoms with E-state index in [2.05, 4.69) is 5.32 Å². The Morgan fingerprint density at radius 3 is 2.50 bits per heavy atom. The van der Waals surface area contributed by atoms with E-state index in [0.29, 0.717) is 46.2 Å². The zero-order valence-electron chi connectivity index (χ0n) is 18.7. The van der Waals surface area contributed by atoms with Gasteiger partial charge in [0.25, 0.3) is 0 Å². The molecule has 0 fully saturated rings. The molecule has 0 radical (unpaired) electrons. The minimum atomic E-state index is -0.927. The van der Waals surface area contributed by atoms with Crippen molar-refractivity contribution < 1.29 is 28.6 Å². The number of nitrogens with one attached hydrogen (secondary N) is 1. The van der Waals surface area contributed by atoms with E-state index in [4.69, 9.17) is 25.8 Å². The molecule has 1 aromatic rings. The normalized spacial score (nSPS) is 22.9. The predicted octanol–water partition coefficient (Wildman–Crippen LogP) is 3.53. The molecule has 0 amide bonds. The van der Waals surface area contributed by atoms with Crippen molar-refractivity contribution in [1.29, 1.82) is 0 Å². The molecule has 1 aliphatic heterocycles. The number of methoxy groups -OCH3 is 1. The fourth-order valence-electron chi connectivity index (χ4n) is 4.36. The van der Waals surface area contributed by atoms with Crippen LogP contribution in [0.4, 0.5) is 0 Å². The van der Waals surface area contributed by atoms with E-state index in [9.17, 15) is 14.4 Å². The Balaban J connectivity index is 2.06. The van der Waals surface area contributed by atoms with E-state index >= 15 is 0 Å². The van der Waals surface area contributed by atoms with Crippen LogP contribution in [0.15, 0.2) is 46.8 Å². The van der Waals surface area contributed by atoms with E-state index in [-0.39, 0.29) is 24.9 Å². The Morgan fingerprint density at radius 1 is 1.19 bits per heavy atom. The van der Waals surface area contributed by atoms with Gasteiger partial charge in [0.05, 0.1) is 19.3 Å². The topological polar surface area (TPSA) is 90.9 Å². The molecule has 0 aromatic heterocycles. The fourth-order valence-corrected chi connectivity index (χ4v) is 4.48. The molecule has 3 rings (SSSR count). The summed E-state index contributed by atoms with van der Waals surface area (Å²) in [5, 5.41) is 3.76. The van der Waals surface area contributed by atoms with Gasteiger partial charge in [0, 0.05) is 34.5 Å². The molecule has 32 heavy (non-hydrogen) atoms. The Hall–Kier alpha value is -2.64. The third-order valence-electron chi connectivity index (χ3n) is 5.83. The van der Waals surface area contributed by atoms with Gasteiger partial charge in [0.15, 0.2) is 5.78 Å². The molecule has 1 aromatic carbocycles. The molecular formula is C24H28ClNO6. The molecule has 8 heteroatoms. The van der Waals surface area contributed by atoms with Crippen LogP contribution >= 0.6 is 11.6 Å². The van der Waals surface area contributed by atoms with Crippen molar-refractivity contribution in [2.24, 2.45) is 11.8 Å². The SMILES string of the molecule is CCOCCOC(=O)C1=C(C)NC2=C(C(=O)C(C(=O)OC)C(C)C2)C1c1ccc(Cl)cc1. The number of Topliss-reactive ketones (excluding diaryl/α,β-unsaturated/α-hetero) is 1. The standard InChI is InChI=1S/C24H28ClNO6/c1-5-31-10-11-32-24(29)19-14(3)26-17-12-13(2)18(23(28)30-4)22(27)21(17)20(19)15-6-8-16(25)9-7-15/h6-9,13,18,20,26H,5,10-12H2,1-4H3. The zero-order valence-corrected chi connectivity index (χ0v) is 19.5. The van der Waals surface area contributed by atoms with Gasteiger partial charge in [-0.05, 0) is 43.9 Å². The highest BCUT2D eigenvalue weighted by Crippen LogP contribution is 2.45. The zero-order chi connectivity index (χ0) is 23.4. The first kappa shape index (κ1) is 24.0. The molecule has 0 spiro atoms. The van der Waals surface area contributed by atoms with Crippen LogP contribution in [0.25, 0.3) is 0 Å². The predicted molar refractivity (Wildman–Crippen MR) is 119 cm³/mol. The molecule has 0 bridgehead atoms. The largest absolute Gasteiger partial charge is 0.468 e. The number of rotatable bonds is 7. The Kier molecular flexibility index (Phi) is 7.74. The molecule has 172 valence electrons. The monoisotopic (exact) mass is 461 g/mol. The Labute approximate surface area is 192 Å². The summed E-state index contributed by atoms with van der Waals surface area (Å²) < 4.78 is 15.6. The number of esters is 2. The van der Waals surface area contributed by atoms with Crippen molar-refractivity contribution in [2.45, 2.75) is 33.1 Å². The lowest BCUT2D eigenvalue weighted by molar-refractivity contribution is -0.151. The molecule has 3 atom stereocenters. The lowest BCUT2D eigenvalue weighted by atomic mass is 9.69. The van der Waals surface area contributed by atoms with Crippen LogP contribution in [0.1, 0.15) is 38.7 Å². The first-order valence-corrected chi connectivity index (χ1v) is 11.0. The molecule has 0 saturated carbocycles. The van der Waals surface area contributed by atoms with Crippen LogP contribution in [0.3, 0.4) is 0 Å². The van der Waals surface area contributed by atoms with Crippen molar-refractivity contribution in [3.05, 3.63) is 57.4 Å². The van der Waals surface area contributed by atoms with Crippen molar-refractivity contribution >= 4 is 29.3 Å². The van der Waals surface area contributed by atoms with Gasteiger partial charge < -0.3 is 19.5 Å². The van der Waals surface area contributed by atoms with Gasteiger partial charge in [-0.1, -0.05) is 30.7 Å². The summed E-state index contributed by atoms with van der Waals surface area (Å²) in [4.78, 5) is 39.1. The highest BCUT2D eigenvalue weighted by molar-refractivity contribution is 6.30. The van der Waals surface area contributed by atoms with Crippen LogP contribution in [0.5, 0.6) is 0 Å². The first-order valence-electron chi connectivity index (χ1n) is 10.6. The second-order valence-electron chi connectivity index (χ2n) is 7.92. The average Bonchev–Trinajstić information content (AvgIpc) is 2.76. The number of carbonyl (C=O) groups is 3. The van der Waals surface area contributed by atoms with E-state index in [1.54, 1.807) is 31.2 Å². The highest BCUT2D eigenvalue weighted by Gasteiger charge is 2.47. The molecule has 2 aliphatic rings. The number of ketones is 1. The quantitative estimate of drug-likeness (QED) is 0.377. The van der Waals surface area contributed by atoms with Crippen molar-refractivity contribution in [3.8, 4) is 0 Å². The number of hydrogen-bond donors (Lipinski definition) is 1. The number of benzene rings is 1. The molecular weight excluding hydrogens is 434 g/mol. The summed E-state index contributed by atoms with van der Waals surface area (Å²) in [5.41, 5.74) is 2.76. The van der Waals surface area contributed by atoms with Gasteiger partial charge in [0.1, 0.15) is 12.5 Å². The van der Waals surface area contributed by atoms with E-state index in [1.165, 1.54) is 7.11 Å². The summed E-state index contributed by atoms with van der Waals surface area (Å²) in [6.45, 7) is 6.39. The third kappa shape index (κ3) is 4.74. The van der Waals surface area contributed by atoms with Crippen LogP contribution in [0.2, 0.25) is 5.02 Å². The van der Waals surface area contributed by atoms with E-state index < -0.39 is 23.8 Å². The van der Waals surface area contributed by atoms with Crippen LogP contribution in [0, 0.1) is 11.8 Å². The van der Waals surface area contributed by atoms with Crippen LogP contribution < -0.4 is 5.32 Å². The molecule has 3 unspecified atom stereocenters. The second-order valence-corrected chi connectivity index (χ2v) is 8.36. The number of ether oxygens (including phenoxy) is 3. The molecule has 1 N–H and O–H groups in total. The number of allylic oxidation sites excluding steroid dienone is 3. The minimum absolute atomic E-state index is 0.0957. The van der Waals surface area contributed by atoms with Crippen LogP contribution in [-0.2, 0) is 28.6 Å². The van der Waals surface area contributed by atoms with Gasteiger partial charge in [-0.25, -0.2) is 4.79 Å². The smallest absolute Gasteiger partial charge is 0.336 e. The van der Waals surface area contributed by atoms with E-state index in [0.717, 1.165) is 0 Å². The van der Waals surface area contributed by atoms with Crippen molar-refractivity contribution in [1.82, 2.24) is 5.32 Å². The number of carbonyl (C=O) groups excluding carboxylic acids is 3. The summed E-state index contributed by atoms with van der Waals surface area (Å²) in [7, 11) is 1.27. The summed E-state index contributed by atoms with van der Waals surface area (Å²) >= 11 is 6.08. The average molecular weight is 462 g/mol. The lowest BCUT2D eigenvalue weighted by Crippen LogP contribution is -2.43. The summed E-state index contributed by atoms with van der Waals surface area (Å²) in [6.07, 6.45) is 0.481. The van der Waals surface area contributed by atoms with E-state index in [1.807, 2.05) is 13.8 Å². The highest BCUT2D eigenvalue weighted by atomic mass is 35.5. The maximum atomic E-state index is 13.6. The fraction of sp³-hybridized carbons (Fsp3) is 0.458. The third-order valence-corrected chi connectivity index (χ3v) is 6.08. The van der Waals surface area contributed by atoms with Gasteiger partial charge in [0.2, 0.25) is 0 Å². The first-order chi connectivity index (χ1) is 15.3. The maximum absolute atomic E-state index is 13.6. The van der Waals surface area contributed by atoms with Gasteiger partial charge in [-0.2, -0.15) is 0 Å². The Morgan fingerprint density at radius 2 is 1.88 bits per heavy atom. The van der Waals surface area contributed by atoms with Crippen LogP contribution in [-0.4, -0.2) is 44.7 Å². The second kappa shape index (κ2) is 10.3. The van der Waals surface area contributed by atoms with Crippen molar-refractivity contribution in [3.63, 3.8) is 0 Å². The maximum Gasteiger partial charge on any atom is 0.336 e. The Bertz CT molecular complexity index is 965. The summed E-state index contributed by atoms with van der Waals surface area (Å²) in [5.74, 6) is -3.30. The number of halogens is 1. The molecule has 1 aliphatic carbocycles. The molecule has 0 saturated heterocycles. The number of hydrogen-bond acceptors (Lipinski definition) is 7. The number of dihydropyridines is 1. The molecule has 1 heterocycles. The van der Waals surface area contributed by atoms with Crippen molar-refractivity contribution in [2.75, 3.05) is 26.9 Å². The lowest BCUT2D eigenvalue weighted by Gasteiger charge is -2.38. The van der Waals surface area contributed by atoms with Gasteiger partial charge in [-0.3, -0.25) is 9.59 Å². The van der Waals surface area contributed by atoms with Gasteiger partial charge in [-0.15, -0.1) is 0 Å².